The monoisotopic (exact) mass is 213 g/mol. The van der Waals surface area contributed by atoms with Crippen LogP contribution in [0, 0.1) is 11.3 Å². The van der Waals surface area contributed by atoms with Crippen LogP contribution >= 0.6 is 0 Å². The Morgan fingerprint density at radius 3 is 2.75 bits per heavy atom. The number of hydrogen-bond donors (Lipinski definition) is 0. The zero-order valence-corrected chi connectivity index (χ0v) is 10.3. The fourth-order valence-corrected chi connectivity index (χ4v) is 1.94. The van der Waals surface area contributed by atoms with Crippen molar-refractivity contribution in [2.75, 3.05) is 0 Å². The number of aromatic nitrogens is 1. The van der Waals surface area contributed by atoms with Gasteiger partial charge < -0.3 is 0 Å². The maximum atomic E-state index is 4.38. The molecule has 0 spiro atoms. The topological polar surface area (TPSA) is 12.9 Å². The van der Waals surface area contributed by atoms with Crippen LogP contribution in [0.15, 0.2) is 42.6 Å². The zero-order valence-electron chi connectivity index (χ0n) is 10.3. The number of pyridine rings is 1. The zero-order chi connectivity index (χ0) is 11.6. The standard InChI is InChI=1S/C15H19N/c1-4-15(2,3)13-9-8-12(11-13)14-7-5-6-10-16-14/h5-11,13H,4H2,1-3H3. The first-order valence-corrected chi connectivity index (χ1v) is 5.95. The summed E-state index contributed by atoms with van der Waals surface area (Å²) < 4.78 is 0. The van der Waals surface area contributed by atoms with Crippen molar-refractivity contribution >= 4 is 5.57 Å². The second kappa shape index (κ2) is 4.25. The Kier molecular flexibility index (Phi) is 2.95. The van der Waals surface area contributed by atoms with E-state index in [-0.39, 0.29) is 0 Å². The van der Waals surface area contributed by atoms with Gasteiger partial charge in [-0.1, -0.05) is 51.5 Å². The predicted octanol–water partition coefficient (Wildman–Crippen LogP) is 4.09. The molecule has 0 saturated carbocycles. The molecule has 0 amide bonds. The summed E-state index contributed by atoms with van der Waals surface area (Å²) >= 11 is 0. The molecule has 0 bridgehead atoms. The van der Waals surface area contributed by atoms with Crippen molar-refractivity contribution in [1.82, 2.24) is 4.98 Å². The van der Waals surface area contributed by atoms with E-state index in [1.165, 1.54) is 12.0 Å². The summed E-state index contributed by atoms with van der Waals surface area (Å²) in [6.45, 7) is 6.89. The molecule has 0 aromatic carbocycles. The maximum Gasteiger partial charge on any atom is 0.0698 e. The van der Waals surface area contributed by atoms with Gasteiger partial charge in [0.05, 0.1) is 5.69 Å². The molecule has 1 unspecified atom stereocenters. The van der Waals surface area contributed by atoms with Crippen LogP contribution in [0.5, 0.6) is 0 Å². The van der Waals surface area contributed by atoms with Crippen LogP contribution in [0.2, 0.25) is 0 Å². The minimum Gasteiger partial charge on any atom is -0.256 e. The van der Waals surface area contributed by atoms with Gasteiger partial charge in [0.1, 0.15) is 0 Å². The van der Waals surface area contributed by atoms with Crippen molar-refractivity contribution < 1.29 is 0 Å². The van der Waals surface area contributed by atoms with Gasteiger partial charge >= 0.3 is 0 Å². The maximum absolute atomic E-state index is 4.38. The number of allylic oxidation sites excluding steroid dienone is 4. The second-order valence-corrected chi connectivity index (χ2v) is 5.06. The molecule has 1 atom stereocenters. The molecule has 1 nitrogen and oxygen atoms in total. The molecular weight excluding hydrogens is 194 g/mol. The molecule has 16 heavy (non-hydrogen) atoms. The molecule has 1 heteroatoms. The molecule has 1 heterocycles. The number of nitrogens with zero attached hydrogens (tertiary/aromatic N) is 1. The van der Waals surface area contributed by atoms with Gasteiger partial charge in [-0.25, -0.2) is 0 Å². The first kappa shape index (κ1) is 11.1. The SMILES string of the molecule is CCC(C)(C)C1C=CC(c2ccccn2)=C1. The van der Waals surface area contributed by atoms with Gasteiger partial charge in [0.15, 0.2) is 0 Å². The molecule has 1 aliphatic carbocycles. The third-order valence-electron chi connectivity index (χ3n) is 3.62. The minimum atomic E-state index is 0.340. The summed E-state index contributed by atoms with van der Waals surface area (Å²) in [5, 5.41) is 0. The van der Waals surface area contributed by atoms with Crippen LogP contribution in [-0.4, -0.2) is 4.98 Å². The molecule has 84 valence electrons. The average molecular weight is 213 g/mol. The minimum absolute atomic E-state index is 0.340. The molecule has 0 radical (unpaired) electrons. The van der Waals surface area contributed by atoms with Crippen LogP contribution in [0.4, 0.5) is 0 Å². The van der Waals surface area contributed by atoms with E-state index < -0.39 is 0 Å². The fourth-order valence-electron chi connectivity index (χ4n) is 1.94. The summed E-state index contributed by atoms with van der Waals surface area (Å²) in [6, 6.07) is 6.06. The Labute approximate surface area is 97.9 Å². The van der Waals surface area contributed by atoms with Gasteiger partial charge in [0, 0.05) is 12.1 Å². The molecule has 2 rings (SSSR count). The summed E-state index contributed by atoms with van der Waals surface area (Å²) in [7, 11) is 0. The van der Waals surface area contributed by atoms with E-state index in [0.29, 0.717) is 11.3 Å². The van der Waals surface area contributed by atoms with Crippen molar-refractivity contribution in [3.8, 4) is 0 Å². The molecule has 0 saturated heterocycles. The van der Waals surface area contributed by atoms with Crippen molar-refractivity contribution in [1.29, 1.82) is 0 Å². The van der Waals surface area contributed by atoms with Gasteiger partial charge in [-0.2, -0.15) is 0 Å². The lowest BCUT2D eigenvalue weighted by molar-refractivity contribution is 0.293. The summed E-state index contributed by atoms with van der Waals surface area (Å²) in [5.74, 6) is 0.537. The Morgan fingerprint density at radius 2 is 2.12 bits per heavy atom. The van der Waals surface area contributed by atoms with Gasteiger partial charge in [-0.3, -0.25) is 4.98 Å². The molecule has 1 aliphatic rings. The third kappa shape index (κ3) is 2.08. The van der Waals surface area contributed by atoms with E-state index in [4.69, 9.17) is 0 Å². The van der Waals surface area contributed by atoms with E-state index in [1.54, 1.807) is 0 Å². The van der Waals surface area contributed by atoms with E-state index in [9.17, 15) is 0 Å². The lowest BCUT2D eigenvalue weighted by atomic mass is 9.77. The van der Waals surface area contributed by atoms with Crippen LogP contribution in [-0.2, 0) is 0 Å². The Morgan fingerprint density at radius 1 is 1.31 bits per heavy atom. The molecule has 0 N–H and O–H groups in total. The van der Waals surface area contributed by atoms with Gasteiger partial charge in [0.2, 0.25) is 0 Å². The van der Waals surface area contributed by atoms with E-state index in [2.05, 4.69) is 50.0 Å². The number of hydrogen-bond acceptors (Lipinski definition) is 1. The summed E-state index contributed by atoms with van der Waals surface area (Å²) in [6.07, 6.45) is 9.88. The quantitative estimate of drug-likeness (QED) is 0.737. The van der Waals surface area contributed by atoms with Gasteiger partial charge in [-0.15, -0.1) is 0 Å². The lowest BCUT2D eigenvalue weighted by Gasteiger charge is -2.27. The highest BCUT2D eigenvalue weighted by molar-refractivity contribution is 5.74. The van der Waals surface area contributed by atoms with Crippen LogP contribution in [0.1, 0.15) is 32.9 Å². The Hall–Kier alpha value is -1.37. The summed E-state index contributed by atoms with van der Waals surface area (Å²) in [4.78, 5) is 4.38. The summed E-state index contributed by atoms with van der Waals surface area (Å²) in [5.41, 5.74) is 2.67. The second-order valence-electron chi connectivity index (χ2n) is 5.06. The molecule has 0 fully saturated rings. The first-order valence-electron chi connectivity index (χ1n) is 5.95. The third-order valence-corrected chi connectivity index (χ3v) is 3.62. The molecule has 0 aliphatic heterocycles. The highest BCUT2D eigenvalue weighted by Gasteiger charge is 2.26. The lowest BCUT2D eigenvalue weighted by Crippen LogP contribution is -2.18. The Bertz CT molecular complexity index is 412. The van der Waals surface area contributed by atoms with Crippen molar-refractivity contribution in [2.45, 2.75) is 27.2 Å². The highest BCUT2D eigenvalue weighted by atomic mass is 14.7. The van der Waals surface area contributed by atoms with Crippen molar-refractivity contribution in [3.05, 3.63) is 48.3 Å². The van der Waals surface area contributed by atoms with Crippen LogP contribution in [0.25, 0.3) is 5.57 Å². The normalized spacial score (nSPS) is 19.9. The molecule has 1 aromatic heterocycles. The first-order chi connectivity index (χ1) is 7.63. The van der Waals surface area contributed by atoms with E-state index in [0.717, 1.165) is 5.69 Å². The average Bonchev–Trinajstić information content (AvgIpc) is 2.80. The Balaban J connectivity index is 2.23. The largest absolute Gasteiger partial charge is 0.256 e. The van der Waals surface area contributed by atoms with E-state index >= 15 is 0 Å². The van der Waals surface area contributed by atoms with E-state index in [1.807, 2.05) is 18.3 Å². The molecular formula is C15H19N. The van der Waals surface area contributed by atoms with Crippen molar-refractivity contribution in [2.24, 2.45) is 11.3 Å². The molecule has 1 aromatic rings. The van der Waals surface area contributed by atoms with Crippen LogP contribution in [0.3, 0.4) is 0 Å². The highest BCUT2D eigenvalue weighted by Crippen LogP contribution is 2.38. The fraction of sp³-hybridized carbons (Fsp3) is 0.400. The van der Waals surface area contributed by atoms with Gasteiger partial charge in [0.25, 0.3) is 0 Å². The number of rotatable bonds is 3. The smallest absolute Gasteiger partial charge is 0.0698 e. The predicted molar refractivity (Wildman–Crippen MR) is 68.9 cm³/mol. The van der Waals surface area contributed by atoms with Gasteiger partial charge in [-0.05, 0) is 23.1 Å². The van der Waals surface area contributed by atoms with Crippen LogP contribution < -0.4 is 0 Å². The van der Waals surface area contributed by atoms with Crippen molar-refractivity contribution in [3.63, 3.8) is 0 Å².